The Labute approximate surface area is 182 Å². The minimum absolute atomic E-state index is 0.167. The lowest BCUT2D eigenvalue weighted by atomic mass is 9.65. The number of azide groups is 1. The molecule has 2 bridgehead atoms. The molecule has 2 amide bonds. The van der Waals surface area contributed by atoms with E-state index in [2.05, 4.69) is 30.6 Å². The van der Waals surface area contributed by atoms with Crippen LogP contribution >= 0.6 is 0 Å². The number of aromatic nitrogens is 2. The van der Waals surface area contributed by atoms with E-state index in [9.17, 15) is 14.9 Å². The Morgan fingerprint density at radius 3 is 3.03 bits per heavy atom. The average Bonchev–Trinajstić information content (AvgIpc) is 2.78. The van der Waals surface area contributed by atoms with Crippen molar-refractivity contribution in [3.63, 3.8) is 0 Å². The van der Waals surface area contributed by atoms with Crippen molar-refractivity contribution in [2.75, 3.05) is 35.8 Å². The SMILES string of the molecule is COCCNc1cc(NC(=O)N2c3nc(C=O)ccc3C3(N=[N+]=[N-])CC2C3)ncc1C#N. The minimum Gasteiger partial charge on any atom is -0.383 e. The van der Waals surface area contributed by atoms with Gasteiger partial charge in [0, 0.05) is 42.4 Å². The number of pyridine rings is 2. The monoisotopic (exact) mass is 433 g/mol. The van der Waals surface area contributed by atoms with Crippen LogP contribution < -0.4 is 15.5 Å². The van der Waals surface area contributed by atoms with Crippen LogP contribution in [0.4, 0.5) is 22.1 Å². The fraction of sp³-hybridized carbons (Fsp3) is 0.350. The first-order valence-electron chi connectivity index (χ1n) is 9.81. The fourth-order valence-corrected chi connectivity index (χ4v) is 4.07. The Balaban J connectivity index is 1.63. The Morgan fingerprint density at radius 1 is 1.53 bits per heavy atom. The van der Waals surface area contributed by atoms with Gasteiger partial charge < -0.3 is 10.1 Å². The van der Waals surface area contributed by atoms with E-state index in [4.69, 9.17) is 10.3 Å². The molecule has 1 aliphatic carbocycles. The number of amides is 2. The molecule has 0 radical (unpaired) electrons. The third-order valence-corrected chi connectivity index (χ3v) is 5.59. The lowest BCUT2D eigenvalue weighted by molar-refractivity contribution is 0.111. The molecule has 12 nitrogen and oxygen atoms in total. The van der Waals surface area contributed by atoms with Crippen molar-refractivity contribution in [2.24, 2.45) is 5.11 Å². The Kier molecular flexibility index (Phi) is 5.59. The molecule has 2 aliphatic heterocycles. The Hall–Kier alpha value is -4.20. The molecule has 32 heavy (non-hydrogen) atoms. The van der Waals surface area contributed by atoms with Gasteiger partial charge in [0.15, 0.2) is 6.29 Å². The smallest absolute Gasteiger partial charge is 0.328 e. The van der Waals surface area contributed by atoms with Crippen LogP contribution in [0.1, 0.15) is 34.5 Å². The van der Waals surface area contributed by atoms with Gasteiger partial charge in [-0.1, -0.05) is 11.2 Å². The van der Waals surface area contributed by atoms with E-state index in [1.54, 1.807) is 19.2 Å². The molecule has 1 saturated carbocycles. The molecule has 3 aliphatic rings. The molecule has 0 saturated heterocycles. The molecule has 1 fully saturated rings. The number of carbonyl (C=O) groups is 2. The first kappa shape index (κ1) is 21.0. The molecule has 5 rings (SSSR count). The van der Waals surface area contributed by atoms with Gasteiger partial charge >= 0.3 is 6.03 Å². The maximum atomic E-state index is 13.2. The molecule has 2 N–H and O–H groups in total. The maximum absolute atomic E-state index is 13.2. The standard InChI is InChI=1S/C20H19N9O3/c1-32-5-4-23-16-6-17(24-10-12(16)9-21)26-19(31)29-14-7-20(8-14,27-28-22)15-3-2-13(11-30)25-18(15)29/h2-3,6,10-11,14H,4-5,7-8H2,1H3,(H2,23,24,26,31). The predicted molar refractivity (Wildman–Crippen MR) is 114 cm³/mol. The van der Waals surface area contributed by atoms with Gasteiger partial charge in [-0.15, -0.1) is 0 Å². The van der Waals surface area contributed by atoms with Crippen molar-refractivity contribution in [2.45, 2.75) is 24.4 Å². The number of ether oxygens (including phenoxy) is 1. The summed E-state index contributed by atoms with van der Waals surface area (Å²) in [6.45, 7) is 0.919. The summed E-state index contributed by atoms with van der Waals surface area (Å²) in [5.41, 5.74) is 9.85. The van der Waals surface area contributed by atoms with Gasteiger partial charge in [0.1, 0.15) is 23.4 Å². The number of urea groups is 1. The number of nitrogens with one attached hydrogen (secondary N) is 2. The first-order valence-corrected chi connectivity index (χ1v) is 9.81. The zero-order chi connectivity index (χ0) is 22.7. The highest BCUT2D eigenvalue weighted by molar-refractivity contribution is 6.03. The van der Waals surface area contributed by atoms with Crippen molar-refractivity contribution >= 4 is 29.6 Å². The summed E-state index contributed by atoms with van der Waals surface area (Å²) in [5.74, 6) is 0.530. The molecule has 12 heteroatoms. The molecule has 0 atom stereocenters. The topological polar surface area (TPSA) is 169 Å². The number of rotatable bonds is 7. The van der Waals surface area contributed by atoms with Crippen LogP contribution in [0.5, 0.6) is 0 Å². The van der Waals surface area contributed by atoms with Crippen LogP contribution in [-0.2, 0) is 10.3 Å². The number of anilines is 3. The van der Waals surface area contributed by atoms with E-state index < -0.39 is 11.6 Å². The maximum Gasteiger partial charge on any atom is 0.328 e. The summed E-state index contributed by atoms with van der Waals surface area (Å²) in [6, 6.07) is 6.11. The quantitative estimate of drug-likeness (QED) is 0.222. The molecular formula is C20H19N9O3. The second kappa shape index (κ2) is 8.50. The zero-order valence-corrected chi connectivity index (χ0v) is 17.1. The molecule has 2 aromatic rings. The van der Waals surface area contributed by atoms with E-state index in [0.717, 1.165) is 0 Å². The van der Waals surface area contributed by atoms with Gasteiger partial charge in [-0.2, -0.15) is 5.26 Å². The lowest BCUT2D eigenvalue weighted by Crippen LogP contribution is -2.60. The molecule has 162 valence electrons. The van der Waals surface area contributed by atoms with Crippen LogP contribution in [0.2, 0.25) is 0 Å². The largest absolute Gasteiger partial charge is 0.383 e. The number of methoxy groups -OCH3 is 1. The Bertz CT molecular complexity index is 1160. The van der Waals surface area contributed by atoms with Gasteiger partial charge in [0.05, 0.1) is 23.4 Å². The first-order chi connectivity index (χ1) is 15.5. The van der Waals surface area contributed by atoms with E-state index in [1.165, 1.54) is 17.2 Å². The summed E-state index contributed by atoms with van der Waals surface area (Å²) >= 11 is 0. The number of hydrogen-bond acceptors (Lipinski definition) is 8. The van der Waals surface area contributed by atoms with Crippen LogP contribution in [0.25, 0.3) is 10.4 Å². The van der Waals surface area contributed by atoms with E-state index in [0.29, 0.717) is 49.1 Å². The van der Waals surface area contributed by atoms with E-state index in [-0.39, 0.29) is 23.4 Å². The van der Waals surface area contributed by atoms with Gasteiger partial charge in [-0.05, 0) is 24.4 Å². The number of aldehydes is 1. The van der Waals surface area contributed by atoms with Crippen molar-refractivity contribution in [3.8, 4) is 6.07 Å². The third kappa shape index (κ3) is 3.56. The number of hydrogen-bond donors (Lipinski definition) is 2. The molecule has 0 spiro atoms. The molecule has 0 aromatic carbocycles. The highest BCUT2D eigenvalue weighted by Crippen LogP contribution is 2.55. The van der Waals surface area contributed by atoms with Gasteiger partial charge in [-0.25, -0.2) is 14.8 Å². The lowest BCUT2D eigenvalue weighted by Gasteiger charge is -2.54. The summed E-state index contributed by atoms with van der Waals surface area (Å²) in [7, 11) is 1.57. The number of carbonyl (C=O) groups excluding carboxylic acids is 2. The fourth-order valence-electron chi connectivity index (χ4n) is 4.07. The van der Waals surface area contributed by atoms with Gasteiger partial charge in [-0.3, -0.25) is 15.0 Å². The van der Waals surface area contributed by atoms with Crippen molar-refractivity contribution in [1.29, 1.82) is 5.26 Å². The van der Waals surface area contributed by atoms with Crippen molar-refractivity contribution < 1.29 is 14.3 Å². The van der Waals surface area contributed by atoms with Crippen molar-refractivity contribution in [3.05, 3.63) is 51.7 Å². The zero-order valence-electron chi connectivity index (χ0n) is 17.1. The highest BCUT2D eigenvalue weighted by atomic mass is 16.5. The minimum atomic E-state index is -0.759. The van der Waals surface area contributed by atoms with E-state index >= 15 is 0 Å². The van der Waals surface area contributed by atoms with Gasteiger partial charge in [0.25, 0.3) is 0 Å². The normalized spacial score (nSPS) is 20.1. The molecule has 2 aromatic heterocycles. The molecule has 0 unspecified atom stereocenters. The van der Waals surface area contributed by atoms with E-state index in [1.807, 2.05) is 6.07 Å². The highest BCUT2D eigenvalue weighted by Gasteiger charge is 2.56. The van der Waals surface area contributed by atoms with Crippen LogP contribution in [0.15, 0.2) is 29.5 Å². The number of nitrogens with zero attached hydrogens (tertiary/aromatic N) is 7. The predicted octanol–water partition coefficient (Wildman–Crippen LogP) is 2.94. The van der Waals surface area contributed by atoms with Crippen molar-refractivity contribution in [1.82, 2.24) is 9.97 Å². The summed E-state index contributed by atoms with van der Waals surface area (Å²) in [4.78, 5) is 37.3. The summed E-state index contributed by atoms with van der Waals surface area (Å²) < 4.78 is 5.01. The molecular weight excluding hydrogens is 414 g/mol. The molecule has 4 heterocycles. The van der Waals surface area contributed by atoms with Crippen LogP contribution in [0.3, 0.4) is 0 Å². The van der Waals surface area contributed by atoms with Crippen LogP contribution in [-0.4, -0.2) is 48.6 Å². The second-order valence-electron chi connectivity index (χ2n) is 7.45. The summed E-state index contributed by atoms with van der Waals surface area (Å²) in [6.07, 6.45) is 2.89. The number of nitriles is 1. The average molecular weight is 433 g/mol. The summed E-state index contributed by atoms with van der Waals surface area (Å²) in [5, 5.41) is 19.1. The van der Waals surface area contributed by atoms with Gasteiger partial charge in [0.2, 0.25) is 0 Å². The van der Waals surface area contributed by atoms with Crippen LogP contribution in [0, 0.1) is 11.3 Å². The Morgan fingerprint density at radius 2 is 2.34 bits per heavy atom. The second-order valence-corrected chi connectivity index (χ2v) is 7.45. The third-order valence-electron chi connectivity index (χ3n) is 5.59.